The van der Waals surface area contributed by atoms with E-state index in [0.717, 1.165) is 5.56 Å². The van der Waals surface area contributed by atoms with Crippen LogP contribution in [0.25, 0.3) is 0 Å². The Hall–Kier alpha value is -4.28. The molecular weight excluding hydrogens is 526 g/mol. The molecule has 0 aliphatic carbocycles. The van der Waals surface area contributed by atoms with Gasteiger partial charge < -0.3 is 35.6 Å². The van der Waals surface area contributed by atoms with Gasteiger partial charge in [-0.05, 0) is 63.9 Å². The standard InChI is InChI=1S/C30H43N5O6/c1-19(2)34(14-15-35(20(3)4)30(40)31-18-22(6)28(37)38)27(36)17-23-12-13-25(26(16-23)41-7)33-29(39)32-24-11-9-8-10-21(24)5/h8-13,16,19-20,22H,14-15,17-18H2,1-7H3,(H,31,40)(H,37,38)(H2,32,33,39). The van der Waals surface area contributed by atoms with E-state index in [2.05, 4.69) is 16.0 Å². The molecule has 0 fully saturated rings. The number of aliphatic carboxylic acids is 1. The van der Waals surface area contributed by atoms with Crippen LogP contribution in [-0.4, -0.2) is 77.7 Å². The zero-order chi connectivity index (χ0) is 30.7. The Kier molecular flexibility index (Phi) is 12.4. The number of anilines is 2. The third-order valence-corrected chi connectivity index (χ3v) is 6.65. The summed E-state index contributed by atoms with van der Waals surface area (Å²) in [5, 5.41) is 17.3. The molecule has 5 amide bonds. The number of benzene rings is 2. The summed E-state index contributed by atoms with van der Waals surface area (Å²) in [4.78, 5) is 53.0. The fraction of sp³-hybridized carbons (Fsp3) is 0.467. The Balaban J connectivity index is 2.05. The molecule has 0 spiro atoms. The van der Waals surface area contributed by atoms with Crippen LogP contribution in [-0.2, 0) is 16.0 Å². The predicted molar refractivity (Wildman–Crippen MR) is 159 cm³/mol. The maximum atomic E-state index is 13.3. The largest absolute Gasteiger partial charge is 0.495 e. The highest BCUT2D eigenvalue weighted by Gasteiger charge is 2.23. The third-order valence-electron chi connectivity index (χ3n) is 6.65. The lowest BCUT2D eigenvalue weighted by Crippen LogP contribution is -2.50. The third kappa shape index (κ3) is 10.0. The van der Waals surface area contributed by atoms with E-state index < -0.39 is 17.9 Å². The minimum Gasteiger partial charge on any atom is -0.495 e. The average molecular weight is 570 g/mol. The Morgan fingerprint density at radius 2 is 1.49 bits per heavy atom. The first kappa shape index (κ1) is 32.9. The van der Waals surface area contributed by atoms with E-state index in [0.29, 0.717) is 29.2 Å². The number of urea groups is 2. The fourth-order valence-electron chi connectivity index (χ4n) is 4.12. The first-order valence-electron chi connectivity index (χ1n) is 13.7. The summed E-state index contributed by atoms with van der Waals surface area (Å²) in [5.41, 5.74) is 2.81. The lowest BCUT2D eigenvalue weighted by atomic mass is 10.1. The Bertz CT molecular complexity index is 1220. The van der Waals surface area contributed by atoms with Gasteiger partial charge in [-0.25, -0.2) is 9.59 Å². The number of carbonyl (C=O) groups excluding carboxylic acids is 3. The minimum atomic E-state index is -0.982. The van der Waals surface area contributed by atoms with E-state index in [-0.39, 0.29) is 43.5 Å². The van der Waals surface area contributed by atoms with Crippen LogP contribution in [0.2, 0.25) is 0 Å². The van der Waals surface area contributed by atoms with E-state index in [1.807, 2.05) is 58.9 Å². The highest BCUT2D eigenvalue weighted by molar-refractivity contribution is 6.01. The van der Waals surface area contributed by atoms with Crippen LogP contribution in [0.3, 0.4) is 0 Å². The molecule has 0 aliphatic rings. The number of ether oxygens (including phenoxy) is 1. The molecule has 0 aromatic heterocycles. The van der Waals surface area contributed by atoms with Gasteiger partial charge in [0.2, 0.25) is 5.91 Å². The van der Waals surface area contributed by atoms with Crippen LogP contribution in [0.15, 0.2) is 42.5 Å². The van der Waals surface area contributed by atoms with Gasteiger partial charge in [-0.1, -0.05) is 31.2 Å². The van der Waals surface area contributed by atoms with Crippen LogP contribution in [0.1, 0.15) is 45.7 Å². The van der Waals surface area contributed by atoms with Crippen molar-refractivity contribution in [2.75, 3.05) is 37.4 Å². The number of nitrogens with one attached hydrogen (secondary N) is 3. The first-order valence-corrected chi connectivity index (χ1v) is 13.7. The normalized spacial score (nSPS) is 11.5. The molecule has 0 aliphatic heterocycles. The van der Waals surface area contributed by atoms with Crippen LogP contribution in [0, 0.1) is 12.8 Å². The summed E-state index contributed by atoms with van der Waals surface area (Å²) in [6.45, 7) is 11.6. The number of rotatable bonds is 13. The molecule has 0 saturated carbocycles. The van der Waals surface area contributed by atoms with Crippen LogP contribution in [0.4, 0.5) is 21.0 Å². The molecule has 11 heteroatoms. The second-order valence-electron chi connectivity index (χ2n) is 10.5. The van der Waals surface area contributed by atoms with Crippen LogP contribution >= 0.6 is 0 Å². The van der Waals surface area contributed by atoms with Gasteiger partial charge in [-0.15, -0.1) is 0 Å². The van der Waals surface area contributed by atoms with Crippen LogP contribution < -0.4 is 20.7 Å². The van der Waals surface area contributed by atoms with Crippen molar-refractivity contribution in [2.45, 2.75) is 60.0 Å². The zero-order valence-corrected chi connectivity index (χ0v) is 25.0. The van der Waals surface area contributed by atoms with Crippen molar-refractivity contribution in [1.29, 1.82) is 0 Å². The van der Waals surface area contributed by atoms with E-state index in [4.69, 9.17) is 9.84 Å². The second-order valence-corrected chi connectivity index (χ2v) is 10.5. The Morgan fingerprint density at radius 1 is 0.878 bits per heavy atom. The van der Waals surface area contributed by atoms with Crippen molar-refractivity contribution in [3.63, 3.8) is 0 Å². The van der Waals surface area contributed by atoms with Gasteiger partial charge in [-0.3, -0.25) is 9.59 Å². The predicted octanol–water partition coefficient (Wildman–Crippen LogP) is 4.57. The average Bonchev–Trinajstić information content (AvgIpc) is 2.91. The van der Waals surface area contributed by atoms with Crippen molar-refractivity contribution in [2.24, 2.45) is 5.92 Å². The topological polar surface area (TPSA) is 140 Å². The van der Waals surface area contributed by atoms with Gasteiger partial charge in [0, 0.05) is 37.4 Å². The molecule has 2 rings (SSSR count). The number of hydrogen-bond acceptors (Lipinski definition) is 5. The van der Waals surface area contributed by atoms with Gasteiger partial charge in [0.1, 0.15) is 5.75 Å². The van der Waals surface area contributed by atoms with Crippen molar-refractivity contribution in [3.8, 4) is 5.75 Å². The molecule has 2 aromatic rings. The summed E-state index contributed by atoms with van der Waals surface area (Å²) in [7, 11) is 1.49. The number of aryl methyl sites for hydroxylation is 1. The first-order chi connectivity index (χ1) is 19.3. The number of para-hydroxylation sites is 1. The summed E-state index contributed by atoms with van der Waals surface area (Å²) in [6.07, 6.45) is 0.105. The number of carboxylic acids is 1. The van der Waals surface area contributed by atoms with Crippen molar-refractivity contribution in [1.82, 2.24) is 15.1 Å². The number of carbonyl (C=O) groups is 4. The summed E-state index contributed by atoms with van der Waals surface area (Å²) in [5.74, 6) is -1.39. The van der Waals surface area contributed by atoms with Gasteiger partial charge in [-0.2, -0.15) is 0 Å². The molecule has 41 heavy (non-hydrogen) atoms. The smallest absolute Gasteiger partial charge is 0.323 e. The monoisotopic (exact) mass is 569 g/mol. The molecule has 4 N–H and O–H groups in total. The van der Waals surface area contributed by atoms with Crippen molar-refractivity contribution < 1.29 is 29.0 Å². The molecule has 0 radical (unpaired) electrons. The lowest BCUT2D eigenvalue weighted by molar-refractivity contribution is -0.141. The molecule has 2 aromatic carbocycles. The minimum absolute atomic E-state index is 0.0183. The molecule has 11 nitrogen and oxygen atoms in total. The molecule has 1 unspecified atom stereocenters. The number of nitrogens with zero attached hydrogens (tertiary/aromatic N) is 2. The quantitative estimate of drug-likeness (QED) is 0.279. The molecule has 0 heterocycles. The maximum Gasteiger partial charge on any atom is 0.323 e. The highest BCUT2D eigenvalue weighted by Crippen LogP contribution is 2.27. The number of amides is 5. The van der Waals surface area contributed by atoms with Crippen molar-refractivity contribution in [3.05, 3.63) is 53.6 Å². The van der Waals surface area contributed by atoms with Gasteiger partial charge in [0.25, 0.3) is 0 Å². The van der Waals surface area contributed by atoms with Gasteiger partial charge in [0.05, 0.1) is 25.1 Å². The number of methoxy groups -OCH3 is 1. The Morgan fingerprint density at radius 3 is 2.07 bits per heavy atom. The SMILES string of the molecule is COc1cc(CC(=O)N(CCN(C(=O)NCC(C)C(=O)O)C(C)C)C(C)C)ccc1NC(=O)Nc1ccccc1C. The van der Waals surface area contributed by atoms with Gasteiger partial charge >= 0.3 is 18.0 Å². The van der Waals surface area contributed by atoms with Crippen molar-refractivity contribution >= 4 is 35.3 Å². The second kappa shape index (κ2) is 15.5. The maximum absolute atomic E-state index is 13.3. The highest BCUT2D eigenvalue weighted by atomic mass is 16.5. The summed E-state index contributed by atoms with van der Waals surface area (Å²) in [6, 6.07) is 11.6. The molecular formula is C30H43N5O6. The van der Waals surface area contributed by atoms with E-state index in [9.17, 15) is 19.2 Å². The van der Waals surface area contributed by atoms with E-state index >= 15 is 0 Å². The van der Waals surface area contributed by atoms with E-state index in [1.54, 1.807) is 28.0 Å². The summed E-state index contributed by atoms with van der Waals surface area (Å²) < 4.78 is 5.48. The van der Waals surface area contributed by atoms with Crippen LogP contribution in [0.5, 0.6) is 5.75 Å². The fourth-order valence-corrected chi connectivity index (χ4v) is 4.12. The number of hydrogen-bond donors (Lipinski definition) is 4. The molecule has 224 valence electrons. The zero-order valence-electron chi connectivity index (χ0n) is 25.0. The lowest BCUT2D eigenvalue weighted by Gasteiger charge is -2.32. The van der Waals surface area contributed by atoms with E-state index in [1.165, 1.54) is 14.0 Å². The molecule has 1 atom stereocenters. The Labute approximate surface area is 242 Å². The number of carboxylic acid groups (broad SMARTS) is 1. The summed E-state index contributed by atoms with van der Waals surface area (Å²) >= 11 is 0. The molecule has 0 bridgehead atoms. The molecule has 0 saturated heterocycles. The van der Waals surface area contributed by atoms with Gasteiger partial charge in [0.15, 0.2) is 0 Å².